The molecular weight excluding hydrogens is 477 g/mol. The Morgan fingerprint density at radius 1 is 1.11 bits per heavy atom. The zero-order valence-corrected chi connectivity index (χ0v) is 21.5. The van der Waals surface area contributed by atoms with Gasteiger partial charge in [0.2, 0.25) is 5.88 Å². The number of aromatic nitrogens is 1. The molecule has 4 rings (SSSR count). The zero-order valence-electron chi connectivity index (χ0n) is 20.7. The van der Waals surface area contributed by atoms with Gasteiger partial charge in [0, 0.05) is 22.4 Å². The number of methoxy groups -OCH3 is 2. The minimum atomic E-state index is -1.52. The number of thiophene rings is 1. The first-order valence-electron chi connectivity index (χ1n) is 11.4. The molecule has 0 fully saturated rings. The van der Waals surface area contributed by atoms with E-state index < -0.39 is 17.3 Å². The van der Waals surface area contributed by atoms with Crippen molar-refractivity contribution in [2.75, 3.05) is 34.9 Å². The normalized spacial score (nSPS) is 13.8. The minimum absolute atomic E-state index is 0.313. The predicted octanol–water partition coefficient (Wildman–Crippen LogP) is 5.30. The second-order valence-electron chi connectivity index (χ2n) is 8.89. The van der Waals surface area contributed by atoms with Crippen molar-refractivity contribution in [1.82, 2.24) is 9.88 Å². The largest absolute Gasteiger partial charge is 0.487 e. The standard InChI is InChI=1S/C28H28FN3O3S/c1-32(2)13-12-28(33,20-6-5-7-21(29)16-20)26(24-10-11-25(34-3)36-24)22-15-19-14-18(17-30)8-9-23(19)31-27(22)35-4/h5-11,14-16,26,33H,12-13H2,1-4H3. The first kappa shape index (κ1) is 25.6. The highest BCUT2D eigenvalue weighted by Crippen LogP contribution is 2.50. The highest BCUT2D eigenvalue weighted by atomic mass is 32.1. The number of aliphatic hydroxyl groups is 1. The van der Waals surface area contributed by atoms with E-state index in [9.17, 15) is 14.8 Å². The van der Waals surface area contributed by atoms with E-state index in [1.165, 1.54) is 30.6 Å². The average Bonchev–Trinajstić information content (AvgIpc) is 3.35. The van der Waals surface area contributed by atoms with Crippen LogP contribution in [0.2, 0.25) is 0 Å². The zero-order chi connectivity index (χ0) is 25.9. The highest BCUT2D eigenvalue weighted by Gasteiger charge is 2.43. The molecule has 2 aromatic heterocycles. The van der Waals surface area contributed by atoms with Crippen LogP contribution in [0.5, 0.6) is 10.9 Å². The molecule has 1 N–H and O–H groups in total. The van der Waals surface area contributed by atoms with E-state index in [-0.39, 0.29) is 0 Å². The number of hydrogen-bond acceptors (Lipinski definition) is 7. The summed E-state index contributed by atoms with van der Waals surface area (Å²) in [5, 5.41) is 23.4. The average molecular weight is 506 g/mol. The molecule has 36 heavy (non-hydrogen) atoms. The Morgan fingerprint density at radius 2 is 1.92 bits per heavy atom. The van der Waals surface area contributed by atoms with Crippen molar-refractivity contribution < 1.29 is 19.0 Å². The molecule has 2 aromatic carbocycles. The number of hydrogen-bond donors (Lipinski definition) is 1. The molecule has 0 saturated heterocycles. The van der Waals surface area contributed by atoms with Gasteiger partial charge in [-0.25, -0.2) is 9.37 Å². The number of benzene rings is 2. The SMILES string of the molecule is COc1ccc(C(c2cc3cc(C#N)ccc3nc2OC)C(O)(CCN(C)C)c2cccc(F)c2)s1. The van der Waals surface area contributed by atoms with Gasteiger partial charge in [0.1, 0.15) is 11.4 Å². The summed E-state index contributed by atoms with van der Waals surface area (Å²) in [7, 11) is 6.99. The van der Waals surface area contributed by atoms with Gasteiger partial charge < -0.3 is 19.5 Å². The molecule has 0 aliphatic carbocycles. The molecule has 0 aliphatic heterocycles. The fourth-order valence-corrected chi connectivity index (χ4v) is 5.49. The molecule has 2 unspecified atom stereocenters. The van der Waals surface area contributed by atoms with Crippen molar-refractivity contribution in [3.05, 3.63) is 88.0 Å². The maximum absolute atomic E-state index is 14.5. The molecular formula is C28H28FN3O3S. The summed E-state index contributed by atoms with van der Waals surface area (Å²) in [5.41, 5.74) is 0.741. The summed E-state index contributed by atoms with van der Waals surface area (Å²) in [5.74, 6) is -0.740. The monoisotopic (exact) mass is 505 g/mol. The van der Waals surface area contributed by atoms with Gasteiger partial charge in [-0.15, -0.1) is 11.3 Å². The smallest absolute Gasteiger partial charge is 0.217 e. The summed E-state index contributed by atoms with van der Waals surface area (Å²) in [6.07, 6.45) is 0.313. The molecule has 8 heteroatoms. The number of nitrogens with zero attached hydrogens (tertiary/aromatic N) is 3. The van der Waals surface area contributed by atoms with Gasteiger partial charge in [0.15, 0.2) is 5.06 Å². The van der Waals surface area contributed by atoms with Crippen molar-refractivity contribution in [1.29, 1.82) is 5.26 Å². The fourth-order valence-electron chi connectivity index (χ4n) is 4.47. The quantitative estimate of drug-likeness (QED) is 0.333. The summed E-state index contributed by atoms with van der Waals surface area (Å²) in [6, 6.07) is 19.1. The summed E-state index contributed by atoms with van der Waals surface area (Å²) < 4.78 is 25.6. The van der Waals surface area contributed by atoms with Gasteiger partial charge in [-0.3, -0.25) is 0 Å². The third-order valence-electron chi connectivity index (χ3n) is 6.27. The number of halogens is 1. The van der Waals surface area contributed by atoms with Gasteiger partial charge in [-0.05, 0) is 74.6 Å². The molecule has 0 aliphatic rings. The number of ether oxygens (including phenoxy) is 2. The molecule has 0 saturated carbocycles. The Hall–Kier alpha value is -3.51. The Labute approximate surface area is 214 Å². The number of pyridine rings is 1. The summed E-state index contributed by atoms with van der Waals surface area (Å²) >= 11 is 1.40. The Kier molecular flexibility index (Phi) is 7.55. The molecule has 6 nitrogen and oxygen atoms in total. The van der Waals surface area contributed by atoms with Crippen LogP contribution in [0, 0.1) is 17.1 Å². The van der Waals surface area contributed by atoms with Crippen LogP contribution in [-0.2, 0) is 5.60 Å². The minimum Gasteiger partial charge on any atom is -0.487 e. The van der Waals surface area contributed by atoms with Crippen molar-refractivity contribution in [3.63, 3.8) is 0 Å². The van der Waals surface area contributed by atoms with Crippen molar-refractivity contribution in [2.45, 2.75) is 17.9 Å². The lowest BCUT2D eigenvalue weighted by atomic mass is 9.74. The van der Waals surface area contributed by atoms with Crippen molar-refractivity contribution in [2.24, 2.45) is 0 Å². The Bertz CT molecular complexity index is 1410. The molecule has 0 radical (unpaired) electrons. The van der Waals surface area contributed by atoms with E-state index in [1.54, 1.807) is 37.4 Å². The van der Waals surface area contributed by atoms with Crippen LogP contribution in [0.3, 0.4) is 0 Å². The fraction of sp³-hybridized carbons (Fsp3) is 0.286. The van der Waals surface area contributed by atoms with E-state index >= 15 is 0 Å². The van der Waals surface area contributed by atoms with Crippen LogP contribution in [0.1, 0.15) is 33.9 Å². The topological polar surface area (TPSA) is 78.6 Å². The maximum Gasteiger partial charge on any atom is 0.217 e. The molecule has 2 heterocycles. The summed E-state index contributed by atoms with van der Waals surface area (Å²) in [6.45, 7) is 0.550. The molecule has 186 valence electrons. The second-order valence-corrected chi connectivity index (χ2v) is 9.97. The Balaban J connectivity index is 2.03. The van der Waals surface area contributed by atoms with Gasteiger partial charge in [-0.1, -0.05) is 12.1 Å². The van der Waals surface area contributed by atoms with Crippen LogP contribution in [0.15, 0.2) is 60.7 Å². The predicted molar refractivity (Wildman–Crippen MR) is 139 cm³/mol. The third kappa shape index (κ3) is 5.05. The lowest BCUT2D eigenvalue weighted by molar-refractivity contribution is 0.00446. The molecule has 0 spiro atoms. The van der Waals surface area contributed by atoms with Gasteiger partial charge in [0.25, 0.3) is 0 Å². The van der Waals surface area contributed by atoms with Crippen molar-refractivity contribution in [3.8, 4) is 17.0 Å². The van der Waals surface area contributed by atoms with Crippen LogP contribution in [-0.4, -0.2) is 49.9 Å². The lowest BCUT2D eigenvalue weighted by Gasteiger charge is -2.38. The van der Waals surface area contributed by atoms with E-state index in [2.05, 4.69) is 6.07 Å². The third-order valence-corrected chi connectivity index (χ3v) is 7.38. The van der Waals surface area contributed by atoms with Crippen LogP contribution in [0.4, 0.5) is 4.39 Å². The molecule has 0 bridgehead atoms. The lowest BCUT2D eigenvalue weighted by Crippen LogP contribution is -2.37. The van der Waals surface area contributed by atoms with Crippen LogP contribution in [0.25, 0.3) is 10.9 Å². The van der Waals surface area contributed by atoms with Crippen LogP contribution >= 0.6 is 11.3 Å². The molecule has 0 amide bonds. The highest BCUT2D eigenvalue weighted by molar-refractivity contribution is 7.14. The van der Waals surface area contributed by atoms with E-state index in [0.29, 0.717) is 46.1 Å². The number of fused-ring (bicyclic) bond motifs is 1. The van der Waals surface area contributed by atoms with Crippen LogP contribution < -0.4 is 9.47 Å². The first-order chi connectivity index (χ1) is 17.3. The summed E-state index contributed by atoms with van der Waals surface area (Å²) in [4.78, 5) is 7.50. The second kappa shape index (κ2) is 10.6. The van der Waals surface area contributed by atoms with E-state index in [1.807, 2.05) is 37.2 Å². The van der Waals surface area contributed by atoms with Gasteiger partial charge >= 0.3 is 0 Å². The van der Waals surface area contributed by atoms with E-state index in [0.717, 1.165) is 10.3 Å². The van der Waals surface area contributed by atoms with Gasteiger partial charge in [0.05, 0.1) is 37.3 Å². The molecule has 4 aromatic rings. The first-order valence-corrected chi connectivity index (χ1v) is 12.3. The Morgan fingerprint density at radius 3 is 2.56 bits per heavy atom. The van der Waals surface area contributed by atoms with Gasteiger partial charge in [-0.2, -0.15) is 5.26 Å². The maximum atomic E-state index is 14.5. The number of rotatable bonds is 9. The van der Waals surface area contributed by atoms with Crippen molar-refractivity contribution >= 4 is 22.2 Å². The van der Waals surface area contributed by atoms with E-state index in [4.69, 9.17) is 14.5 Å². The number of nitriles is 1. The molecule has 2 atom stereocenters.